The fourth-order valence-electron chi connectivity index (χ4n) is 5.84. The standard InChI is InChI=1S/C25H39N3O2/c1-2-13-28(24-6-5-20-4-3-19(18-29)16-22(20)17-24)23-9-14-27(15-10-23)25(30)21-7-11-26-12-8-21/h3-4,16,21,23-24,26,29H,2,5-15,17-18H2,1H3/t24-/m1/s1. The number of hydrogen-bond donors (Lipinski definition) is 2. The Morgan fingerprint density at radius 1 is 1.10 bits per heavy atom. The lowest BCUT2D eigenvalue weighted by atomic mass is 9.85. The highest BCUT2D eigenvalue weighted by Crippen LogP contribution is 2.30. The Morgan fingerprint density at radius 2 is 1.87 bits per heavy atom. The molecule has 2 aliphatic heterocycles. The van der Waals surface area contributed by atoms with Gasteiger partial charge in [0.15, 0.2) is 0 Å². The molecule has 1 amide bonds. The molecular formula is C25H39N3O2. The van der Waals surface area contributed by atoms with E-state index in [1.807, 2.05) is 0 Å². The number of carbonyl (C=O) groups excluding carboxylic acids is 1. The van der Waals surface area contributed by atoms with Crippen molar-refractivity contribution in [3.8, 4) is 0 Å². The molecule has 2 saturated heterocycles. The maximum Gasteiger partial charge on any atom is 0.225 e. The lowest BCUT2D eigenvalue weighted by Crippen LogP contribution is -2.52. The highest BCUT2D eigenvalue weighted by Gasteiger charge is 2.34. The van der Waals surface area contributed by atoms with Gasteiger partial charge in [-0.15, -0.1) is 0 Å². The van der Waals surface area contributed by atoms with E-state index >= 15 is 0 Å². The van der Waals surface area contributed by atoms with Crippen LogP contribution in [0.1, 0.15) is 62.1 Å². The summed E-state index contributed by atoms with van der Waals surface area (Å²) in [5, 5.41) is 12.9. The fourth-order valence-corrected chi connectivity index (χ4v) is 5.84. The molecule has 30 heavy (non-hydrogen) atoms. The number of carbonyl (C=O) groups is 1. The number of rotatable bonds is 6. The van der Waals surface area contributed by atoms with Gasteiger partial charge < -0.3 is 15.3 Å². The van der Waals surface area contributed by atoms with Crippen LogP contribution in [0.25, 0.3) is 0 Å². The first-order valence-corrected chi connectivity index (χ1v) is 12.2. The van der Waals surface area contributed by atoms with Crippen LogP contribution in [0, 0.1) is 5.92 Å². The number of aliphatic hydroxyl groups is 1. The number of nitrogens with zero attached hydrogens (tertiary/aromatic N) is 2. The van der Waals surface area contributed by atoms with Crippen molar-refractivity contribution in [2.75, 3.05) is 32.7 Å². The van der Waals surface area contributed by atoms with Crippen LogP contribution in [-0.2, 0) is 24.2 Å². The number of amides is 1. The van der Waals surface area contributed by atoms with Gasteiger partial charge in [0.1, 0.15) is 0 Å². The lowest BCUT2D eigenvalue weighted by molar-refractivity contribution is -0.138. The number of nitrogens with one attached hydrogen (secondary N) is 1. The minimum absolute atomic E-state index is 0.125. The van der Waals surface area contributed by atoms with Crippen molar-refractivity contribution in [3.05, 3.63) is 34.9 Å². The third-order valence-electron chi connectivity index (χ3n) is 7.54. The largest absolute Gasteiger partial charge is 0.392 e. The summed E-state index contributed by atoms with van der Waals surface area (Å²) in [7, 11) is 0. The number of fused-ring (bicyclic) bond motifs is 1. The lowest BCUT2D eigenvalue weighted by Gasteiger charge is -2.44. The number of hydrogen-bond acceptors (Lipinski definition) is 4. The van der Waals surface area contributed by atoms with Crippen LogP contribution in [0.4, 0.5) is 0 Å². The third-order valence-corrected chi connectivity index (χ3v) is 7.54. The van der Waals surface area contributed by atoms with E-state index in [4.69, 9.17) is 0 Å². The monoisotopic (exact) mass is 413 g/mol. The highest BCUT2D eigenvalue weighted by atomic mass is 16.3. The summed E-state index contributed by atoms with van der Waals surface area (Å²) in [6.07, 6.45) is 8.84. The number of benzene rings is 1. The van der Waals surface area contributed by atoms with Crippen molar-refractivity contribution in [3.63, 3.8) is 0 Å². The molecule has 1 aromatic carbocycles. The molecule has 0 radical (unpaired) electrons. The van der Waals surface area contributed by atoms with Crippen molar-refractivity contribution in [1.82, 2.24) is 15.1 Å². The summed E-state index contributed by atoms with van der Waals surface area (Å²) in [5.74, 6) is 0.644. The zero-order chi connectivity index (χ0) is 20.9. The molecular weight excluding hydrogens is 374 g/mol. The van der Waals surface area contributed by atoms with E-state index in [1.165, 1.54) is 24.0 Å². The minimum Gasteiger partial charge on any atom is -0.392 e. The van der Waals surface area contributed by atoms with Gasteiger partial charge >= 0.3 is 0 Å². The molecule has 1 aliphatic carbocycles. The molecule has 5 nitrogen and oxygen atoms in total. The average Bonchev–Trinajstić information content (AvgIpc) is 2.82. The van der Waals surface area contributed by atoms with Gasteiger partial charge in [-0.1, -0.05) is 25.1 Å². The molecule has 0 bridgehead atoms. The first-order valence-electron chi connectivity index (χ1n) is 12.2. The van der Waals surface area contributed by atoms with Gasteiger partial charge in [-0.2, -0.15) is 0 Å². The molecule has 0 unspecified atom stereocenters. The molecule has 4 rings (SSSR count). The summed E-state index contributed by atoms with van der Waals surface area (Å²) >= 11 is 0. The first-order chi connectivity index (χ1) is 14.7. The molecule has 1 aromatic rings. The van der Waals surface area contributed by atoms with E-state index in [-0.39, 0.29) is 12.5 Å². The van der Waals surface area contributed by atoms with Crippen molar-refractivity contribution in [1.29, 1.82) is 0 Å². The molecule has 0 saturated carbocycles. The third kappa shape index (κ3) is 4.90. The second kappa shape index (κ2) is 10.3. The molecule has 166 valence electrons. The first kappa shape index (κ1) is 21.8. The summed E-state index contributed by atoms with van der Waals surface area (Å²) in [6, 6.07) is 7.67. The predicted octanol–water partition coefficient (Wildman–Crippen LogP) is 2.74. The van der Waals surface area contributed by atoms with Crippen LogP contribution in [0.2, 0.25) is 0 Å². The van der Waals surface area contributed by atoms with Crippen LogP contribution in [0.5, 0.6) is 0 Å². The number of likely N-dealkylation sites (tertiary alicyclic amines) is 1. The van der Waals surface area contributed by atoms with Gasteiger partial charge in [-0.05, 0) is 87.7 Å². The van der Waals surface area contributed by atoms with Crippen LogP contribution < -0.4 is 5.32 Å². The Kier molecular flexibility index (Phi) is 7.45. The maximum absolute atomic E-state index is 12.9. The van der Waals surface area contributed by atoms with E-state index in [0.717, 1.165) is 76.8 Å². The van der Waals surface area contributed by atoms with Crippen LogP contribution >= 0.6 is 0 Å². The Balaban J connectivity index is 1.37. The quantitative estimate of drug-likeness (QED) is 0.753. The van der Waals surface area contributed by atoms with E-state index in [1.54, 1.807) is 0 Å². The van der Waals surface area contributed by atoms with Gasteiger partial charge in [-0.25, -0.2) is 0 Å². The SMILES string of the molecule is CCCN(C1CCN(C(=O)C2CCNCC2)CC1)[C@@H]1CCc2ccc(CO)cc2C1. The van der Waals surface area contributed by atoms with Gasteiger partial charge in [0, 0.05) is 31.1 Å². The van der Waals surface area contributed by atoms with Crippen molar-refractivity contribution in [2.24, 2.45) is 5.92 Å². The summed E-state index contributed by atoms with van der Waals surface area (Å²) < 4.78 is 0. The second-order valence-electron chi connectivity index (χ2n) is 9.48. The van der Waals surface area contributed by atoms with Crippen molar-refractivity contribution in [2.45, 2.75) is 77.0 Å². The summed E-state index contributed by atoms with van der Waals surface area (Å²) in [4.78, 5) is 17.8. The van der Waals surface area contributed by atoms with Gasteiger partial charge in [0.25, 0.3) is 0 Å². The number of piperidine rings is 2. The molecule has 3 aliphatic rings. The van der Waals surface area contributed by atoms with Crippen molar-refractivity contribution >= 4 is 5.91 Å². The summed E-state index contributed by atoms with van der Waals surface area (Å²) in [6.45, 7) is 7.37. The molecule has 2 fully saturated rings. The van der Waals surface area contributed by atoms with Gasteiger partial charge in [0.2, 0.25) is 5.91 Å². The highest BCUT2D eigenvalue weighted by molar-refractivity contribution is 5.79. The zero-order valence-corrected chi connectivity index (χ0v) is 18.6. The Bertz CT molecular complexity index is 708. The number of aryl methyl sites for hydroxylation is 1. The molecule has 1 atom stereocenters. The molecule has 2 heterocycles. The Hall–Kier alpha value is -1.43. The molecule has 5 heteroatoms. The van der Waals surface area contributed by atoms with Gasteiger partial charge in [0.05, 0.1) is 6.61 Å². The fraction of sp³-hybridized carbons (Fsp3) is 0.720. The zero-order valence-electron chi connectivity index (χ0n) is 18.6. The van der Waals surface area contributed by atoms with E-state index in [9.17, 15) is 9.90 Å². The maximum atomic E-state index is 12.9. The van der Waals surface area contributed by atoms with Crippen LogP contribution in [0.15, 0.2) is 18.2 Å². The van der Waals surface area contributed by atoms with E-state index in [0.29, 0.717) is 18.0 Å². The van der Waals surface area contributed by atoms with Crippen molar-refractivity contribution < 1.29 is 9.90 Å². The topological polar surface area (TPSA) is 55.8 Å². The normalized spacial score (nSPS) is 23.6. The van der Waals surface area contributed by atoms with Crippen LogP contribution in [0.3, 0.4) is 0 Å². The average molecular weight is 414 g/mol. The molecule has 2 N–H and O–H groups in total. The van der Waals surface area contributed by atoms with E-state index < -0.39 is 0 Å². The Labute approximate surface area is 181 Å². The van der Waals surface area contributed by atoms with E-state index in [2.05, 4.69) is 40.2 Å². The second-order valence-corrected chi connectivity index (χ2v) is 9.48. The number of aliphatic hydroxyl groups excluding tert-OH is 1. The smallest absolute Gasteiger partial charge is 0.225 e. The predicted molar refractivity (Wildman–Crippen MR) is 120 cm³/mol. The van der Waals surface area contributed by atoms with Crippen LogP contribution in [-0.4, -0.2) is 65.6 Å². The molecule has 0 aromatic heterocycles. The summed E-state index contributed by atoms with van der Waals surface area (Å²) in [5.41, 5.74) is 3.92. The van der Waals surface area contributed by atoms with Gasteiger partial charge in [-0.3, -0.25) is 9.69 Å². The molecule has 0 spiro atoms. The Morgan fingerprint density at radius 3 is 2.57 bits per heavy atom. The minimum atomic E-state index is 0.125.